The molecule has 0 N–H and O–H groups in total. The number of rotatable bonds is 1. The number of hydrogen-bond donors (Lipinski definition) is 0. The van der Waals surface area contributed by atoms with E-state index in [1.807, 2.05) is 0 Å². The van der Waals surface area contributed by atoms with Gasteiger partial charge in [-0.2, -0.15) is 0 Å². The number of urea groups is 1. The van der Waals surface area contributed by atoms with Crippen molar-refractivity contribution < 1.29 is 9.59 Å². The van der Waals surface area contributed by atoms with Gasteiger partial charge in [-0.1, -0.05) is 6.07 Å². The number of pyridine rings is 1. The molecule has 1 aliphatic rings. The molecule has 0 aliphatic carbocycles. The van der Waals surface area contributed by atoms with Crippen molar-refractivity contribution in [2.45, 2.75) is 6.04 Å². The van der Waals surface area contributed by atoms with Gasteiger partial charge in [-0.3, -0.25) is 14.7 Å². The number of hydrogen-bond acceptors (Lipinski definition) is 3. The van der Waals surface area contributed by atoms with E-state index in [0.29, 0.717) is 0 Å². The van der Waals surface area contributed by atoms with Crippen LogP contribution in [0.5, 0.6) is 0 Å². The van der Waals surface area contributed by atoms with Gasteiger partial charge < -0.3 is 4.90 Å². The Hall–Kier alpha value is -1.91. The first-order valence-electron chi connectivity index (χ1n) is 4.57. The van der Waals surface area contributed by atoms with Crippen LogP contribution in [0, 0.1) is 0 Å². The largest absolute Gasteiger partial charge is 0.327 e. The van der Waals surface area contributed by atoms with Gasteiger partial charge in [0.25, 0.3) is 5.91 Å². The number of imide groups is 1. The Morgan fingerprint density at radius 1 is 1.33 bits per heavy atom. The molecule has 2 rings (SSSR count). The van der Waals surface area contributed by atoms with Crippen molar-refractivity contribution in [1.29, 1.82) is 0 Å². The fraction of sp³-hybridized carbons (Fsp3) is 0.300. The molecule has 2 heterocycles. The molecule has 1 aromatic heterocycles. The topological polar surface area (TPSA) is 53.5 Å². The highest BCUT2D eigenvalue weighted by molar-refractivity contribution is 6.04. The van der Waals surface area contributed by atoms with E-state index in [1.54, 1.807) is 31.6 Å². The lowest BCUT2D eigenvalue weighted by molar-refractivity contribution is -0.127. The summed E-state index contributed by atoms with van der Waals surface area (Å²) in [6.07, 6.45) is 3.24. The molecule has 78 valence electrons. The molecule has 0 spiro atoms. The molecule has 1 aromatic rings. The highest BCUT2D eigenvalue weighted by Crippen LogP contribution is 2.27. The molecule has 0 saturated carbocycles. The van der Waals surface area contributed by atoms with Gasteiger partial charge in [0.05, 0.1) is 0 Å². The van der Waals surface area contributed by atoms with E-state index in [2.05, 4.69) is 4.98 Å². The molecule has 1 aliphatic heterocycles. The molecule has 1 fully saturated rings. The van der Waals surface area contributed by atoms with E-state index in [-0.39, 0.29) is 11.9 Å². The highest BCUT2D eigenvalue weighted by atomic mass is 16.2. The first kappa shape index (κ1) is 9.64. The number of aromatic nitrogens is 1. The van der Waals surface area contributed by atoms with Gasteiger partial charge >= 0.3 is 6.03 Å². The maximum absolute atomic E-state index is 11.8. The monoisotopic (exact) mass is 205 g/mol. The molecule has 1 atom stereocenters. The SMILES string of the molecule is CN1C(=O)C(c2cccnc2)N(C)C1=O. The average molecular weight is 205 g/mol. The van der Waals surface area contributed by atoms with Gasteiger partial charge in [0, 0.05) is 32.1 Å². The molecule has 0 aromatic carbocycles. The van der Waals surface area contributed by atoms with Crippen LogP contribution in [0.4, 0.5) is 4.79 Å². The third-order valence-corrected chi connectivity index (χ3v) is 2.54. The summed E-state index contributed by atoms with van der Waals surface area (Å²) in [5.74, 6) is -0.212. The third kappa shape index (κ3) is 1.36. The summed E-state index contributed by atoms with van der Waals surface area (Å²) in [5, 5.41) is 0. The van der Waals surface area contributed by atoms with Crippen molar-refractivity contribution in [3.63, 3.8) is 0 Å². The molecule has 1 saturated heterocycles. The van der Waals surface area contributed by atoms with E-state index < -0.39 is 6.04 Å². The zero-order valence-electron chi connectivity index (χ0n) is 8.54. The molecular formula is C10H11N3O2. The average Bonchev–Trinajstić information content (AvgIpc) is 2.45. The number of nitrogens with zero attached hydrogens (tertiary/aromatic N) is 3. The van der Waals surface area contributed by atoms with Crippen molar-refractivity contribution in [2.24, 2.45) is 0 Å². The molecular weight excluding hydrogens is 194 g/mol. The minimum Gasteiger partial charge on any atom is -0.311 e. The molecule has 15 heavy (non-hydrogen) atoms. The fourth-order valence-corrected chi connectivity index (χ4v) is 1.69. The highest BCUT2D eigenvalue weighted by Gasteiger charge is 2.41. The first-order chi connectivity index (χ1) is 7.13. The zero-order valence-corrected chi connectivity index (χ0v) is 8.54. The summed E-state index contributed by atoms with van der Waals surface area (Å²) in [6.45, 7) is 0. The number of amides is 3. The lowest BCUT2D eigenvalue weighted by atomic mass is 10.1. The second kappa shape index (κ2) is 3.34. The maximum Gasteiger partial charge on any atom is 0.327 e. The lowest BCUT2D eigenvalue weighted by Crippen LogP contribution is -2.27. The smallest absolute Gasteiger partial charge is 0.311 e. The maximum atomic E-state index is 11.8. The van der Waals surface area contributed by atoms with Crippen molar-refractivity contribution >= 4 is 11.9 Å². The summed E-state index contributed by atoms with van der Waals surface area (Å²) >= 11 is 0. The normalized spacial score (nSPS) is 21.3. The summed E-state index contributed by atoms with van der Waals surface area (Å²) < 4.78 is 0. The van der Waals surface area contributed by atoms with E-state index >= 15 is 0 Å². The molecule has 0 bridgehead atoms. The van der Waals surface area contributed by atoms with E-state index in [0.717, 1.165) is 10.5 Å². The second-order valence-corrected chi connectivity index (χ2v) is 3.48. The Bertz CT molecular complexity index is 404. The first-order valence-corrected chi connectivity index (χ1v) is 4.57. The summed E-state index contributed by atoms with van der Waals surface area (Å²) in [6, 6.07) is 2.72. The van der Waals surface area contributed by atoms with Crippen LogP contribution in [0.3, 0.4) is 0 Å². The van der Waals surface area contributed by atoms with Gasteiger partial charge in [-0.05, 0) is 6.07 Å². The minimum absolute atomic E-state index is 0.212. The molecule has 5 heteroatoms. The van der Waals surface area contributed by atoms with E-state index in [4.69, 9.17) is 0 Å². The van der Waals surface area contributed by atoms with Crippen molar-refractivity contribution in [1.82, 2.24) is 14.8 Å². The van der Waals surface area contributed by atoms with E-state index in [9.17, 15) is 9.59 Å². The van der Waals surface area contributed by atoms with Crippen LogP contribution in [0.15, 0.2) is 24.5 Å². The Kier molecular flexibility index (Phi) is 2.15. The Balaban J connectivity index is 2.39. The summed E-state index contributed by atoms with van der Waals surface area (Å²) in [5.41, 5.74) is 0.739. The van der Waals surface area contributed by atoms with Gasteiger partial charge in [-0.15, -0.1) is 0 Å². The Labute approximate surface area is 87.3 Å². The zero-order chi connectivity index (χ0) is 11.0. The van der Waals surface area contributed by atoms with Crippen LogP contribution >= 0.6 is 0 Å². The Morgan fingerprint density at radius 3 is 2.53 bits per heavy atom. The number of likely N-dealkylation sites (N-methyl/N-ethyl adjacent to an activating group) is 2. The predicted octanol–water partition coefficient (Wildman–Crippen LogP) is 0.647. The van der Waals surface area contributed by atoms with Crippen molar-refractivity contribution in [3.05, 3.63) is 30.1 Å². The molecule has 3 amide bonds. The second-order valence-electron chi connectivity index (χ2n) is 3.48. The van der Waals surface area contributed by atoms with Gasteiger partial charge in [0.15, 0.2) is 0 Å². The predicted molar refractivity (Wildman–Crippen MR) is 52.9 cm³/mol. The standard InChI is InChI=1S/C10H11N3O2/c1-12-8(7-4-3-5-11-6-7)9(14)13(2)10(12)15/h3-6,8H,1-2H3. The summed E-state index contributed by atoms with van der Waals surface area (Å²) in [7, 11) is 3.10. The van der Waals surface area contributed by atoms with Crippen LogP contribution in [-0.2, 0) is 4.79 Å². The quantitative estimate of drug-likeness (QED) is 0.632. The minimum atomic E-state index is -0.531. The van der Waals surface area contributed by atoms with Crippen LogP contribution in [0.25, 0.3) is 0 Å². The van der Waals surface area contributed by atoms with Crippen LogP contribution in [-0.4, -0.2) is 40.8 Å². The molecule has 0 radical (unpaired) electrons. The summed E-state index contributed by atoms with van der Waals surface area (Å²) in [4.78, 5) is 29.8. The number of carbonyl (C=O) groups excluding carboxylic acids is 2. The van der Waals surface area contributed by atoms with Gasteiger partial charge in [0.1, 0.15) is 6.04 Å². The third-order valence-electron chi connectivity index (χ3n) is 2.54. The molecule has 5 nitrogen and oxygen atoms in total. The van der Waals surface area contributed by atoms with Gasteiger partial charge in [0.2, 0.25) is 0 Å². The van der Waals surface area contributed by atoms with E-state index in [1.165, 1.54) is 11.9 Å². The van der Waals surface area contributed by atoms with Crippen LogP contribution in [0.1, 0.15) is 11.6 Å². The van der Waals surface area contributed by atoms with Gasteiger partial charge in [-0.25, -0.2) is 4.79 Å². The van der Waals surface area contributed by atoms with Crippen molar-refractivity contribution in [3.8, 4) is 0 Å². The molecule has 1 unspecified atom stereocenters. The Morgan fingerprint density at radius 2 is 2.07 bits per heavy atom. The number of carbonyl (C=O) groups is 2. The lowest BCUT2D eigenvalue weighted by Gasteiger charge is -2.15. The van der Waals surface area contributed by atoms with Crippen LogP contribution in [0.2, 0.25) is 0 Å². The van der Waals surface area contributed by atoms with Crippen molar-refractivity contribution in [2.75, 3.05) is 14.1 Å². The fourth-order valence-electron chi connectivity index (χ4n) is 1.69. The van der Waals surface area contributed by atoms with Crippen LogP contribution < -0.4 is 0 Å².